The van der Waals surface area contributed by atoms with Crippen molar-refractivity contribution in [2.45, 2.75) is 51.6 Å². The summed E-state index contributed by atoms with van der Waals surface area (Å²) in [7, 11) is 0. The van der Waals surface area contributed by atoms with Crippen molar-refractivity contribution in [3.63, 3.8) is 0 Å². The molecule has 1 heterocycles. The van der Waals surface area contributed by atoms with Gasteiger partial charge < -0.3 is 19.3 Å². The number of rotatable bonds is 3. The van der Waals surface area contributed by atoms with Crippen molar-refractivity contribution in [3.8, 4) is 0 Å². The zero-order chi connectivity index (χ0) is 13.0. The van der Waals surface area contributed by atoms with Crippen molar-refractivity contribution in [1.82, 2.24) is 0 Å². The summed E-state index contributed by atoms with van der Waals surface area (Å²) in [6, 6.07) is 0. The van der Waals surface area contributed by atoms with Crippen LogP contribution >= 0.6 is 0 Å². The molecule has 0 saturated carbocycles. The van der Waals surface area contributed by atoms with E-state index in [1.165, 1.54) is 13.8 Å². The van der Waals surface area contributed by atoms with Gasteiger partial charge in [0.05, 0.1) is 6.10 Å². The number of esters is 2. The molecule has 0 aromatic carbocycles. The third-order valence-electron chi connectivity index (χ3n) is 2.50. The summed E-state index contributed by atoms with van der Waals surface area (Å²) in [4.78, 5) is 21.6. The second-order valence-corrected chi connectivity index (χ2v) is 4.16. The molecule has 0 bridgehead atoms. The van der Waals surface area contributed by atoms with Crippen LogP contribution in [0.3, 0.4) is 0 Å². The number of aliphatic hydroxyl groups is 1. The molecule has 4 unspecified atom stereocenters. The summed E-state index contributed by atoms with van der Waals surface area (Å²) in [5.74, 6) is -0.891. The first kappa shape index (κ1) is 13.9. The first-order valence-corrected chi connectivity index (χ1v) is 5.54. The van der Waals surface area contributed by atoms with Crippen molar-refractivity contribution >= 4 is 11.9 Å². The van der Waals surface area contributed by atoms with Gasteiger partial charge in [0.25, 0.3) is 0 Å². The topological polar surface area (TPSA) is 82.1 Å². The van der Waals surface area contributed by atoms with Gasteiger partial charge in [-0.2, -0.15) is 0 Å². The maximum Gasteiger partial charge on any atom is 0.302 e. The van der Waals surface area contributed by atoms with Crippen molar-refractivity contribution in [2.75, 3.05) is 6.61 Å². The molecule has 0 aromatic rings. The molecule has 1 saturated heterocycles. The Hall–Kier alpha value is -1.14. The first-order valence-electron chi connectivity index (χ1n) is 5.54. The molecule has 0 aliphatic carbocycles. The molecule has 98 valence electrons. The molecule has 6 nitrogen and oxygen atoms in total. The van der Waals surface area contributed by atoms with Crippen LogP contribution in [-0.2, 0) is 23.8 Å². The van der Waals surface area contributed by atoms with E-state index in [0.29, 0.717) is 6.42 Å². The Bertz CT molecular complexity index is 290. The van der Waals surface area contributed by atoms with Crippen LogP contribution in [0, 0.1) is 0 Å². The fourth-order valence-corrected chi connectivity index (χ4v) is 1.81. The van der Waals surface area contributed by atoms with Crippen LogP contribution in [0.25, 0.3) is 0 Å². The maximum atomic E-state index is 10.9. The minimum Gasteiger partial charge on any atom is -0.463 e. The van der Waals surface area contributed by atoms with E-state index in [0.717, 1.165) is 0 Å². The lowest BCUT2D eigenvalue weighted by Crippen LogP contribution is -2.51. The Morgan fingerprint density at radius 3 is 2.53 bits per heavy atom. The van der Waals surface area contributed by atoms with Gasteiger partial charge in [0.2, 0.25) is 0 Å². The van der Waals surface area contributed by atoms with E-state index >= 15 is 0 Å². The molecule has 0 radical (unpaired) electrons. The highest BCUT2D eigenvalue weighted by Gasteiger charge is 2.38. The number of carbonyl (C=O) groups is 2. The monoisotopic (exact) mass is 246 g/mol. The number of hydrogen-bond donors (Lipinski definition) is 1. The van der Waals surface area contributed by atoms with Crippen LogP contribution in [0.2, 0.25) is 0 Å². The van der Waals surface area contributed by atoms with E-state index in [9.17, 15) is 14.7 Å². The second kappa shape index (κ2) is 5.97. The summed E-state index contributed by atoms with van der Waals surface area (Å²) in [6.07, 6.45) is -1.99. The summed E-state index contributed by atoms with van der Waals surface area (Å²) in [6.45, 7) is 4.33. The van der Waals surface area contributed by atoms with Gasteiger partial charge in [-0.25, -0.2) is 0 Å². The normalized spacial score (nSPS) is 32.9. The van der Waals surface area contributed by atoms with Gasteiger partial charge in [-0.15, -0.1) is 0 Å². The zero-order valence-electron chi connectivity index (χ0n) is 10.2. The molecule has 1 rings (SSSR count). The van der Waals surface area contributed by atoms with Gasteiger partial charge in [0, 0.05) is 20.3 Å². The minimum atomic E-state index is -0.977. The fraction of sp³-hybridized carbons (Fsp3) is 0.818. The predicted octanol–water partition coefficient (Wildman–Crippen LogP) is 0.0195. The van der Waals surface area contributed by atoms with Crippen molar-refractivity contribution in [2.24, 2.45) is 0 Å². The average molecular weight is 246 g/mol. The largest absolute Gasteiger partial charge is 0.463 e. The van der Waals surface area contributed by atoms with Crippen LogP contribution in [0.5, 0.6) is 0 Å². The molecule has 4 atom stereocenters. The van der Waals surface area contributed by atoms with E-state index in [1.807, 2.05) is 6.92 Å². The van der Waals surface area contributed by atoms with Crippen molar-refractivity contribution < 1.29 is 28.9 Å². The molecule has 1 aliphatic heterocycles. The lowest BCUT2D eigenvalue weighted by atomic mass is 9.98. The lowest BCUT2D eigenvalue weighted by molar-refractivity contribution is -0.199. The van der Waals surface area contributed by atoms with Gasteiger partial charge in [0.1, 0.15) is 24.9 Å². The summed E-state index contributed by atoms with van der Waals surface area (Å²) < 4.78 is 15.2. The van der Waals surface area contributed by atoms with Gasteiger partial charge in [-0.1, -0.05) is 0 Å². The van der Waals surface area contributed by atoms with Crippen molar-refractivity contribution in [1.29, 1.82) is 0 Å². The van der Waals surface area contributed by atoms with E-state index in [2.05, 4.69) is 0 Å². The SMILES string of the molecule is CC(=O)OCC1OC(C)CC(OC(C)=O)C1O. The lowest BCUT2D eigenvalue weighted by Gasteiger charge is -2.37. The van der Waals surface area contributed by atoms with Crippen LogP contribution < -0.4 is 0 Å². The zero-order valence-corrected chi connectivity index (χ0v) is 10.2. The summed E-state index contributed by atoms with van der Waals surface area (Å²) in [5.41, 5.74) is 0. The number of ether oxygens (including phenoxy) is 3. The van der Waals surface area contributed by atoms with Crippen LogP contribution in [-0.4, -0.2) is 48.1 Å². The third-order valence-corrected chi connectivity index (χ3v) is 2.50. The molecule has 0 spiro atoms. The predicted molar refractivity (Wildman–Crippen MR) is 57.1 cm³/mol. The van der Waals surface area contributed by atoms with E-state index in [-0.39, 0.29) is 12.7 Å². The molecule has 1 aliphatic rings. The van der Waals surface area contributed by atoms with E-state index in [1.54, 1.807) is 0 Å². The van der Waals surface area contributed by atoms with Gasteiger partial charge in [0.15, 0.2) is 0 Å². The highest BCUT2D eigenvalue weighted by molar-refractivity contribution is 5.66. The van der Waals surface area contributed by atoms with E-state index < -0.39 is 30.3 Å². The molecule has 0 amide bonds. The van der Waals surface area contributed by atoms with Crippen LogP contribution in [0.15, 0.2) is 0 Å². The Morgan fingerprint density at radius 1 is 1.35 bits per heavy atom. The molecule has 6 heteroatoms. The molecule has 17 heavy (non-hydrogen) atoms. The highest BCUT2D eigenvalue weighted by Crippen LogP contribution is 2.23. The minimum absolute atomic E-state index is 0.0431. The van der Waals surface area contributed by atoms with Crippen LogP contribution in [0.1, 0.15) is 27.2 Å². The third kappa shape index (κ3) is 4.32. The van der Waals surface area contributed by atoms with Gasteiger partial charge >= 0.3 is 11.9 Å². The summed E-state index contributed by atoms with van der Waals surface area (Å²) in [5, 5.41) is 9.91. The first-order chi connectivity index (χ1) is 7.90. The molecule has 1 N–H and O–H groups in total. The highest BCUT2D eigenvalue weighted by atomic mass is 16.6. The Labute approximate surface area is 99.8 Å². The number of carbonyl (C=O) groups excluding carboxylic acids is 2. The number of aliphatic hydroxyl groups excluding tert-OH is 1. The maximum absolute atomic E-state index is 10.9. The average Bonchev–Trinajstić information content (AvgIpc) is 2.19. The number of hydrogen-bond acceptors (Lipinski definition) is 6. The smallest absolute Gasteiger partial charge is 0.302 e. The molecular weight excluding hydrogens is 228 g/mol. The van der Waals surface area contributed by atoms with Gasteiger partial charge in [-0.3, -0.25) is 9.59 Å². The molecular formula is C11H18O6. The standard InChI is InChI=1S/C11H18O6/c1-6-4-9(17-8(3)13)11(14)10(16-6)5-15-7(2)12/h6,9-11,14H,4-5H2,1-3H3. The van der Waals surface area contributed by atoms with Gasteiger partial charge in [-0.05, 0) is 6.92 Å². The second-order valence-electron chi connectivity index (χ2n) is 4.16. The van der Waals surface area contributed by atoms with Crippen molar-refractivity contribution in [3.05, 3.63) is 0 Å². The Kier molecular flexibility index (Phi) is 4.89. The molecule has 1 fully saturated rings. The van der Waals surface area contributed by atoms with Crippen LogP contribution in [0.4, 0.5) is 0 Å². The fourth-order valence-electron chi connectivity index (χ4n) is 1.81. The quantitative estimate of drug-likeness (QED) is 0.707. The molecule has 0 aromatic heterocycles. The Balaban J connectivity index is 2.57. The summed E-state index contributed by atoms with van der Waals surface area (Å²) >= 11 is 0. The van der Waals surface area contributed by atoms with E-state index in [4.69, 9.17) is 14.2 Å². The Morgan fingerprint density at radius 2 is 2.00 bits per heavy atom.